The summed E-state index contributed by atoms with van der Waals surface area (Å²) in [6.45, 7) is 0. The van der Waals surface area contributed by atoms with Crippen LogP contribution in [0.5, 0.6) is 11.5 Å². The molecule has 1 atom stereocenters. The Morgan fingerprint density at radius 3 is 2.43 bits per heavy atom. The van der Waals surface area contributed by atoms with Gasteiger partial charge >= 0.3 is 11.9 Å². The Morgan fingerprint density at radius 1 is 1.14 bits per heavy atom. The fourth-order valence-electron chi connectivity index (χ4n) is 3.15. The minimum absolute atomic E-state index is 0.0128. The van der Waals surface area contributed by atoms with Crippen LogP contribution in [-0.2, 0) is 25.5 Å². The van der Waals surface area contributed by atoms with Crippen LogP contribution >= 0.6 is 0 Å². The summed E-state index contributed by atoms with van der Waals surface area (Å²) in [5.74, 6) is -3.10. The zero-order chi connectivity index (χ0) is 20.5. The van der Waals surface area contributed by atoms with Gasteiger partial charge in [-0.2, -0.15) is 0 Å². The summed E-state index contributed by atoms with van der Waals surface area (Å²) in [6, 6.07) is 9.53. The van der Waals surface area contributed by atoms with Crippen molar-refractivity contribution in [2.75, 3.05) is 7.11 Å². The molecule has 8 nitrogen and oxygen atoms in total. The summed E-state index contributed by atoms with van der Waals surface area (Å²) in [5.41, 5.74) is -1.50. The molecule has 144 valence electrons. The first-order chi connectivity index (χ1) is 13.3. The molecule has 3 rings (SSSR count). The number of ether oxygens (including phenoxy) is 2. The Kier molecular flexibility index (Phi) is 4.79. The lowest BCUT2D eigenvalue weighted by atomic mass is 9.83. The predicted octanol–water partition coefficient (Wildman–Crippen LogP) is 1.89. The number of aromatic hydroxyl groups is 2. The summed E-state index contributed by atoms with van der Waals surface area (Å²) in [7, 11) is 1.11. The van der Waals surface area contributed by atoms with Crippen molar-refractivity contribution in [3.05, 3.63) is 64.9 Å². The average molecular weight is 384 g/mol. The minimum Gasteiger partial charge on any atom is -0.508 e. The van der Waals surface area contributed by atoms with Crippen LogP contribution in [0.3, 0.4) is 0 Å². The summed E-state index contributed by atoms with van der Waals surface area (Å²) < 4.78 is 10.1. The van der Waals surface area contributed by atoms with Crippen LogP contribution < -0.4 is 0 Å². The highest BCUT2D eigenvalue weighted by Gasteiger charge is 2.55. The molecule has 0 saturated heterocycles. The highest BCUT2D eigenvalue weighted by atomic mass is 16.6. The summed E-state index contributed by atoms with van der Waals surface area (Å²) in [6.07, 6.45) is 0.186. The number of rotatable bonds is 5. The van der Waals surface area contributed by atoms with E-state index >= 15 is 0 Å². The number of methoxy groups -OCH3 is 1. The first-order valence-electron chi connectivity index (χ1n) is 8.14. The third-order valence-electron chi connectivity index (χ3n) is 4.44. The highest BCUT2D eigenvalue weighted by molar-refractivity contribution is 6.11. The topological polar surface area (TPSA) is 130 Å². The molecule has 28 heavy (non-hydrogen) atoms. The monoisotopic (exact) mass is 384 g/mol. The van der Waals surface area contributed by atoms with Gasteiger partial charge in [0.2, 0.25) is 11.4 Å². The Bertz CT molecular complexity index is 990. The molecule has 0 amide bonds. The number of hydrogen-bond acceptors (Lipinski definition) is 8. The van der Waals surface area contributed by atoms with Gasteiger partial charge in [-0.15, -0.1) is 0 Å². The molecule has 3 N–H and O–H groups in total. The van der Waals surface area contributed by atoms with Crippen LogP contribution in [0.4, 0.5) is 0 Å². The van der Waals surface area contributed by atoms with Gasteiger partial charge < -0.3 is 24.8 Å². The van der Waals surface area contributed by atoms with E-state index < -0.39 is 23.3 Å². The number of phenolic OH excluding ortho intramolecular Hbond substituents is 2. The van der Waals surface area contributed by atoms with Gasteiger partial charge in [0.15, 0.2) is 6.29 Å². The maximum Gasteiger partial charge on any atom is 0.375 e. The predicted molar refractivity (Wildman–Crippen MR) is 95.7 cm³/mol. The van der Waals surface area contributed by atoms with Crippen molar-refractivity contribution >= 4 is 23.8 Å². The molecule has 8 heteroatoms. The summed E-state index contributed by atoms with van der Waals surface area (Å²) in [4.78, 5) is 35.9. The fourth-order valence-corrected chi connectivity index (χ4v) is 3.15. The van der Waals surface area contributed by atoms with Crippen molar-refractivity contribution in [3.8, 4) is 11.5 Å². The van der Waals surface area contributed by atoms with Crippen LogP contribution in [-0.4, -0.2) is 46.3 Å². The van der Waals surface area contributed by atoms with E-state index in [9.17, 15) is 29.7 Å². The van der Waals surface area contributed by atoms with E-state index in [1.807, 2.05) is 0 Å². The molecule has 0 spiro atoms. The van der Waals surface area contributed by atoms with E-state index in [-0.39, 0.29) is 34.6 Å². The Balaban J connectivity index is 2.17. The normalized spacial score (nSPS) is 18.7. The molecule has 2 aromatic rings. The van der Waals surface area contributed by atoms with Crippen LogP contribution in [0.15, 0.2) is 48.2 Å². The maximum absolute atomic E-state index is 12.7. The molecular weight excluding hydrogens is 368 g/mol. The molecule has 0 unspecified atom stereocenters. The Labute approximate surface area is 159 Å². The number of cyclic esters (lactones) is 1. The molecular formula is C20H16O8. The number of aliphatic hydroxyl groups excluding tert-OH is 1. The Hall–Kier alpha value is -3.81. The van der Waals surface area contributed by atoms with Crippen LogP contribution in [0.1, 0.15) is 21.5 Å². The number of aliphatic hydroxyl groups is 1. The van der Waals surface area contributed by atoms with E-state index in [4.69, 9.17) is 9.47 Å². The SMILES string of the molecule is COC(=O)[C@]1(Cc2ccc(O)c(C=O)c2)OC(=O)C(O)=C1c1ccc(O)cc1. The van der Waals surface area contributed by atoms with E-state index in [1.54, 1.807) is 0 Å². The number of carbonyl (C=O) groups is 3. The van der Waals surface area contributed by atoms with Gasteiger partial charge in [-0.05, 0) is 35.4 Å². The van der Waals surface area contributed by atoms with Gasteiger partial charge in [0.1, 0.15) is 11.5 Å². The average Bonchev–Trinajstić information content (AvgIpc) is 2.94. The fraction of sp³-hybridized carbons (Fsp3) is 0.150. The maximum atomic E-state index is 12.7. The summed E-state index contributed by atoms with van der Waals surface area (Å²) in [5, 5.41) is 29.5. The van der Waals surface area contributed by atoms with Gasteiger partial charge in [0.05, 0.1) is 18.2 Å². The third kappa shape index (κ3) is 3.05. The molecule has 1 aliphatic rings. The van der Waals surface area contributed by atoms with Crippen LogP contribution in [0.2, 0.25) is 0 Å². The van der Waals surface area contributed by atoms with Crippen molar-refractivity contribution in [1.29, 1.82) is 0 Å². The summed E-state index contributed by atoms with van der Waals surface area (Å²) >= 11 is 0. The molecule has 0 saturated carbocycles. The first-order valence-corrected chi connectivity index (χ1v) is 8.14. The standard InChI is InChI=1S/C20H16O8/c1-27-19(26)20(9-11-2-7-15(23)13(8-11)10-21)16(17(24)18(25)28-20)12-3-5-14(22)6-4-12/h2-8,10,22-24H,9H2,1H3/t20-/m1/s1. The second kappa shape index (κ2) is 7.07. The lowest BCUT2D eigenvalue weighted by Gasteiger charge is -2.28. The Morgan fingerprint density at radius 2 is 1.82 bits per heavy atom. The van der Waals surface area contributed by atoms with Gasteiger partial charge in [-0.3, -0.25) is 4.79 Å². The molecule has 0 radical (unpaired) electrons. The molecule has 0 aliphatic carbocycles. The molecule has 1 heterocycles. The van der Waals surface area contributed by atoms with Crippen molar-refractivity contribution in [3.63, 3.8) is 0 Å². The second-order valence-corrected chi connectivity index (χ2v) is 6.17. The largest absolute Gasteiger partial charge is 0.508 e. The van der Waals surface area contributed by atoms with Crippen molar-refractivity contribution in [2.24, 2.45) is 0 Å². The van der Waals surface area contributed by atoms with Gasteiger partial charge in [0, 0.05) is 6.42 Å². The van der Waals surface area contributed by atoms with Crippen molar-refractivity contribution < 1.29 is 39.2 Å². The molecule has 0 aromatic heterocycles. The van der Waals surface area contributed by atoms with Gasteiger partial charge in [0.25, 0.3) is 0 Å². The van der Waals surface area contributed by atoms with E-state index in [1.165, 1.54) is 42.5 Å². The molecule has 1 aliphatic heterocycles. The van der Waals surface area contributed by atoms with Gasteiger partial charge in [-0.1, -0.05) is 18.2 Å². The zero-order valence-electron chi connectivity index (χ0n) is 14.7. The number of benzene rings is 2. The van der Waals surface area contributed by atoms with E-state index in [0.29, 0.717) is 11.8 Å². The van der Waals surface area contributed by atoms with Crippen LogP contribution in [0.25, 0.3) is 5.57 Å². The number of esters is 2. The number of phenols is 2. The lowest BCUT2D eigenvalue weighted by molar-refractivity contribution is -0.169. The van der Waals surface area contributed by atoms with Gasteiger partial charge in [-0.25, -0.2) is 9.59 Å². The molecule has 0 bridgehead atoms. The van der Waals surface area contributed by atoms with Crippen molar-refractivity contribution in [1.82, 2.24) is 0 Å². The lowest BCUT2D eigenvalue weighted by Crippen LogP contribution is -2.44. The van der Waals surface area contributed by atoms with E-state index in [2.05, 4.69) is 0 Å². The van der Waals surface area contributed by atoms with Crippen molar-refractivity contribution in [2.45, 2.75) is 12.0 Å². The van der Waals surface area contributed by atoms with Crippen LogP contribution in [0, 0.1) is 0 Å². The third-order valence-corrected chi connectivity index (χ3v) is 4.44. The highest BCUT2D eigenvalue weighted by Crippen LogP contribution is 2.43. The first kappa shape index (κ1) is 19.0. The quantitative estimate of drug-likeness (QED) is 0.526. The molecule has 0 fully saturated rings. The number of carbonyl (C=O) groups excluding carboxylic acids is 3. The molecule has 2 aromatic carbocycles. The van der Waals surface area contributed by atoms with E-state index in [0.717, 1.165) is 7.11 Å². The zero-order valence-corrected chi connectivity index (χ0v) is 14.7. The smallest absolute Gasteiger partial charge is 0.375 e. The number of hydrogen-bond donors (Lipinski definition) is 3. The number of aldehydes is 1. The minimum atomic E-state index is -2.01. The second-order valence-electron chi connectivity index (χ2n) is 6.17.